The van der Waals surface area contributed by atoms with Crippen LogP contribution in [0.15, 0.2) is 0 Å². The molecule has 0 aliphatic heterocycles. The zero-order valence-electron chi connectivity index (χ0n) is 11.2. The third kappa shape index (κ3) is 4.74. The minimum Gasteiger partial charge on any atom is -0.394 e. The zero-order valence-corrected chi connectivity index (χ0v) is 11.2. The van der Waals surface area contributed by atoms with Crippen molar-refractivity contribution in [3.05, 3.63) is 0 Å². The Morgan fingerprint density at radius 3 is 2.17 bits per heavy atom. The van der Waals surface area contributed by atoms with Gasteiger partial charge in [0.15, 0.2) is 0 Å². The first-order valence-electron chi connectivity index (χ1n) is 6.32. The minimum atomic E-state index is -4.20. The highest BCUT2D eigenvalue weighted by molar-refractivity contribution is 5.03. The first kappa shape index (κ1) is 15.7. The van der Waals surface area contributed by atoms with Crippen molar-refractivity contribution in [2.24, 2.45) is 5.92 Å². The summed E-state index contributed by atoms with van der Waals surface area (Å²) in [7, 11) is 1.45. The van der Waals surface area contributed by atoms with Crippen molar-refractivity contribution >= 4 is 0 Å². The Balaban J connectivity index is 2.66. The molecule has 1 fully saturated rings. The summed E-state index contributed by atoms with van der Waals surface area (Å²) < 4.78 is 37.0. The van der Waals surface area contributed by atoms with E-state index < -0.39 is 18.3 Å². The second-order valence-electron chi connectivity index (χ2n) is 5.68. The van der Waals surface area contributed by atoms with E-state index in [2.05, 4.69) is 5.32 Å². The highest BCUT2D eigenvalue weighted by atomic mass is 19.4. The highest BCUT2D eigenvalue weighted by Crippen LogP contribution is 2.40. The number of nitrogens with one attached hydrogen (secondary N) is 1. The van der Waals surface area contributed by atoms with Gasteiger partial charge in [0.1, 0.15) is 0 Å². The summed E-state index contributed by atoms with van der Waals surface area (Å²) in [5, 5.41) is 12.9. The maximum absolute atomic E-state index is 12.3. The lowest BCUT2D eigenvalue weighted by atomic mass is 9.92. The van der Waals surface area contributed by atoms with Crippen LogP contribution in [0.2, 0.25) is 0 Å². The fourth-order valence-electron chi connectivity index (χ4n) is 2.57. The molecule has 3 nitrogen and oxygen atoms in total. The molecule has 6 heteroatoms. The fraction of sp³-hybridized carbons (Fsp3) is 1.00. The molecule has 1 rings (SSSR count). The van der Waals surface area contributed by atoms with Crippen LogP contribution in [0.25, 0.3) is 0 Å². The van der Waals surface area contributed by atoms with E-state index in [1.54, 1.807) is 0 Å². The smallest absolute Gasteiger partial charge is 0.394 e. The largest absolute Gasteiger partial charge is 0.401 e. The standard InChI is InChI=1S/C12H23F3N2O/c1-9(2)16-11(8-18,10-4-5-10)6-17(3)7-12(13,14)15/h9-10,16,18H,4-8H2,1-3H3. The van der Waals surface area contributed by atoms with Gasteiger partial charge in [0.25, 0.3) is 0 Å². The van der Waals surface area contributed by atoms with Crippen LogP contribution in [0.1, 0.15) is 26.7 Å². The zero-order chi connectivity index (χ0) is 14.0. The molecule has 0 spiro atoms. The van der Waals surface area contributed by atoms with Gasteiger partial charge in [-0.15, -0.1) is 0 Å². The number of alkyl halides is 3. The SMILES string of the molecule is CC(C)NC(CO)(CN(C)CC(F)(F)F)C1CC1. The third-order valence-electron chi connectivity index (χ3n) is 3.22. The molecule has 2 N–H and O–H groups in total. The fourth-order valence-corrected chi connectivity index (χ4v) is 2.57. The van der Waals surface area contributed by atoms with Crippen molar-refractivity contribution in [2.45, 2.75) is 44.4 Å². The Labute approximate surface area is 106 Å². The lowest BCUT2D eigenvalue weighted by Crippen LogP contribution is -2.60. The van der Waals surface area contributed by atoms with E-state index in [1.165, 1.54) is 11.9 Å². The number of aliphatic hydroxyl groups excluding tert-OH is 1. The molecule has 1 saturated carbocycles. The van der Waals surface area contributed by atoms with Gasteiger partial charge in [-0.25, -0.2) is 0 Å². The molecule has 0 bridgehead atoms. The summed E-state index contributed by atoms with van der Waals surface area (Å²) in [5.41, 5.74) is -0.603. The van der Waals surface area contributed by atoms with Gasteiger partial charge >= 0.3 is 6.18 Å². The molecule has 1 unspecified atom stereocenters. The van der Waals surface area contributed by atoms with Crippen molar-refractivity contribution < 1.29 is 18.3 Å². The monoisotopic (exact) mass is 268 g/mol. The van der Waals surface area contributed by atoms with Gasteiger partial charge in [-0.3, -0.25) is 4.90 Å². The van der Waals surface area contributed by atoms with Crippen molar-refractivity contribution in [3.8, 4) is 0 Å². The van der Waals surface area contributed by atoms with Crippen molar-refractivity contribution in [2.75, 3.05) is 26.7 Å². The summed E-state index contributed by atoms with van der Waals surface area (Å²) in [6, 6.07) is 0.136. The number of hydrogen-bond donors (Lipinski definition) is 2. The molecule has 0 saturated heterocycles. The molecule has 0 aromatic rings. The summed E-state index contributed by atoms with van der Waals surface area (Å²) >= 11 is 0. The highest BCUT2D eigenvalue weighted by Gasteiger charge is 2.46. The first-order chi connectivity index (χ1) is 8.18. The van der Waals surface area contributed by atoms with Crippen molar-refractivity contribution in [1.29, 1.82) is 0 Å². The van der Waals surface area contributed by atoms with E-state index in [9.17, 15) is 18.3 Å². The summed E-state index contributed by atoms with van der Waals surface area (Å²) in [6.07, 6.45) is -2.25. The van der Waals surface area contributed by atoms with Gasteiger partial charge < -0.3 is 10.4 Å². The minimum absolute atomic E-state index is 0.127. The normalized spacial score (nSPS) is 20.5. The molecule has 1 atom stereocenters. The second kappa shape index (κ2) is 5.75. The van der Waals surface area contributed by atoms with Gasteiger partial charge in [0, 0.05) is 12.6 Å². The van der Waals surface area contributed by atoms with Crippen molar-refractivity contribution in [3.63, 3.8) is 0 Å². The van der Waals surface area contributed by atoms with Gasteiger partial charge in [-0.1, -0.05) is 13.8 Å². The predicted octanol–water partition coefficient (Wildman–Crippen LogP) is 1.62. The maximum Gasteiger partial charge on any atom is 0.401 e. The van der Waals surface area contributed by atoms with E-state index in [4.69, 9.17) is 0 Å². The third-order valence-corrected chi connectivity index (χ3v) is 3.22. The Kier molecular flexibility index (Phi) is 5.03. The lowest BCUT2D eigenvalue weighted by molar-refractivity contribution is -0.145. The summed E-state index contributed by atoms with van der Waals surface area (Å²) in [5.74, 6) is 0.278. The Hall–Kier alpha value is -0.330. The van der Waals surface area contributed by atoms with Gasteiger partial charge in [-0.05, 0) is 25.8 Å². The quantitative estimate of drug-likeness (QED) is 0.736. The maximum atomic E-state index is 12.3. The molecule has 18 heavy (non-hydrogen) atoms. The predicted molar refractivity (Wildman–Crippen MR) is 64.4 cm³/mol. The van der Waals surface area contributed by atoms with Crippen LogP contribution < -0.4 is 5.32 Å². The van der Waals surface area contributed by atoms with Gasteiger partial charge in [0.2, 0.25) is 0 Å². The Bertz CT molecular complexity index is 267. The van der Waals surface area contributed by atoms with Crippen LogP contribution in [0.5, 0.6) is 0 Å². The van der Waals surface area contributed by atoms with Crippen LogP contribution in [-0.4, -0.2) is 54.5 Å². The number of rotatable bonds is 7. The summed E-state index contributed by atoms with van der Waals surface area (Å²) in [4.78, 5) is 1.24. The Morgan fingerprint density at radius 1 is 1.28 bits per heavy atom. The number of halogens is 3. The second-order valence-corrected chi connectivity index (χ2v) is 5.68. The molecular formula is C12H23F3N2O. The Morgan fingerprint density at radius 2 is 1.83 bits per heavy atom. The first-order valence-corrected chi connectivity index (χ1v) is 6.32. The topological polar surface area (TPSA) is 35.5 Å². The number of likely N-dealkylation sites (N-methyl/N-ethyl adjacent to an activating group) is 1. The van der Waals surface area contributed by atoms with Gasteiger partial charge in [-0.2, -0.15) is 13.2 Å². The van der Waals surface area contributed by atoms with Crippen molar-refractivity contribution in [1.82, 2.24) is 10.2 Å². The van der Waals surface area contributed by atoms with Crippen LogP contribution in [0.4, 0.5) is 13.2 Å². The van der Waals surface area contributed by atoms with E-state index in [-0.39, 0.29) is 25.1 Å². The molecular weight excluding hydrogens is 245 g/mol. The lowest BCUT2D eigenvalue weighted by Gasteiger charge is -2.39. The number of nitrogens with zero attached hydrogens (tertiary/aromatic N) is 1. The molecule has 0 aromatic heterocycles. The molecule has 1 aliphatic rings. The summed E-state index contributed by atoms with van der Waals surface area (Å²) in [6.45, 7) is 3.03. The number of hydrogen-bond acceptors (Lipinski definition) is 3. The van der Waals surface area contributed by atoms with E-state index in [0.29, 0.717) is 0 Å². The van der Waals surface area contributed by atoms with E-state index in [1.807, 2.05) is 13.8 Å². The molecule has 0 amide bonds. The van der Waals surface area contributed by atoms with Crippen LogP contribution >= 0.6 is 0 Å². The molecule has 1 aliphatic carbocycles. The van der Waals surface area contributed by atoms with Crippen LogP contribution in [0.3, 0.4) is 0 Å². The number of aliphatic hydroxyl groups is 1. The average Bonchev–Trinajstić information content (AvgIpc) is 2.95. The molecule has 108 valence electrons. The van der Waals surface area contributed by atoms with Crippen LogP contribution in [0, 0.1) is 5.92 Å². The molecule has 0 aromatic carbocycles. The van der Waals surface area contributed by atoms with Crippen LogP contribution in [-0.2, 0) is 0 Å². The van der Waals surface area contributed by atoms with E-state index >= 15 is 0 Å². The van der Waals surface area contributed by atoms with Gasteiger partial charge in [0.05, 0.1) is 18.7 Å². The molecule has 0 radical (unpaired) electrons. The average molecular weight is 268 g/mol. The van der Waals surface area contributed by atoms with E-state index in [0.717, 1.165) is 12.8 Å². The molecule has 0 heterocycles.